The fourth-order valence-corrected chi connectivity index (χ4v) is 5.56. The number of anilines is 2. The van der Waals surface area contributed by atoms with Crippen LogP contribution in [0.1, 0.15) is 12.1 Å². The molecule has 1 aliphatic heterocycles. The number of nitrogens with zero attached hydrogens (tertiary/aromatic N) is 3. The van der Waals surface area contributed by atoms with Gasteiger partial charge in [0.25, 0.3) is 0 Å². The van der Waals surface area contributed by atoms with Crippen LogP contribution in [0.2, 0.25) is 5.02 Å². The summed E-state index contributed by atoms with van der Waals surface area (Å²) < 4.78 is 25.6. The largest absolute Gasteiger partial charge is 0.324 e. The molecule has 0 atom stereocenters. The molecule has 0 aliphatic carbocycles. The lowest BCUT2D eigenvalue weighted by atomic mass is 10.2. The maximum atomic E-state index is 12.5. The van der Waals surface area contributed by atoms with Crippen molar-refractivity contribution in [1.82, 2.24) is 9.97 Å². The Hall–Kier alpha value is -2.49. The van der Waals surface area contributed by atoms with Gasteiger partial charge in [-0.3, -0.25) is 14.1 Å². The van der Waals surface area contributed by atoms with Crippen molar-refractivity contribution < 1.29 is 13.2 Å². The predicted molar refractivity (Wildman–Crippen MR) is 115 cm³/mol. The Labute approximate surface area is 177 Å². The highest BCUT2D eigenvalue weighted by molar-refractivity contribution is 7.93. The fourth-order valence-electron chi connectivity index (χ4n) is 3.05. The van der Waals surface area contributed by atoms with Gasteiger partial charge in [-0.15, -0.1) is 11.3 Å². The van der Waals surface area contributed by atoms with E-state index in [4.69, 9.17) is 11.6 Å². The lowest BCUT2D eigenvalue weighted by molar-refractivity contribution is -0.115. The highest BCUT2D eigenvalue weighted by Crippen LogP contribution is 2.31. The number of halogens is 1. The summed E-state index contributed by atoms with van der Waals surface area (Å²) in [5.41, 5.74) is 2.25. The first-order chi connectivity index (χ1) is 13.9. The molecule has 10 heteroatoms. The topological polar surface area (TPSA) is 92.3 Å². The quantitative estimate of drug-likeness (QED) is 0.644. The smallest absolute Gasteiger partial charge is 0.235 e. The Morgan fingerprint density at radius 1 is 1.28 bits per heavy atom. The van der Waals surface area contributed by atoms with Gasteiger partial charge in [0, 0.05) is 18.1 Å². The number of benzene rings is 1. The van der Waals surface area contributed by atoms with Crippen molar-refractivity contribution in [2.75, 3.05) is 21.9 Å². The standard InChI is InChI=1S/C19H17ClN4O3S2/c20-15-6-5-14(24-8-3-9-29(24,26)27)11-17(15)23-18(25)10-13-12-28-19(22-13)16-4-1-2-7-21-16/h1-2,4-7,11-12H,3,8-10H2,(H,23,25). The lowest BCUT2D eigenvalue weighted by Crippen LogP contribution is -2.25. The van der Waals surface area contributed by atoms with Crippen LogP contribution in [0.25, 0.3) is 10.7 Å². The normalized spacial score (nSPS) is 15.4. The molecule has 1 aromatic carbocycles. The average Bonchev–Trinajstić information content (AvgIpc) is 3.30. The van der Waals surface area contributed by atoms with Gasteiger partial charge in [0.2, 0.25) is 15.9 Å². The molecule has 1 amide bonds. The Kier molecular flexibility index (Phi) is 5.53. The number of aromatic nitrogens is 2. The zero-order valence-electron chi connectivity index (χ0n) is 15.2. The summed E-state index contributed by atoms with van der Waals surface area (Å²) in [5.74, 6) is -0.161. The zero-order valence-corrected chi connectivity index (χ0v) is 17.6. The second-order valence-electron chi connectivity index (χ2n) is 6.49. The third-order valence-electron chi connectivity index (χ3n) is 4.39. The number of hydrogen-bond donors (Lipinski definition) is 1. The number of thiazole rings is 1. The Bertz CT molecular complexity index is 1150. The SMILES string of the molecule is O=C(Cc1csc(-c2ccccn2)n1)Nc1cc(N2CCCS2(=O)=O)ccc1Cl. The van der Waals surface area contributed by atoms with Gasteiger partial charge in [0.05, 0.1) is 40.0 Å². The molecule has 29 heavy (non-hydrogen) atoms. The molecule has 150 valence electrons. The second-order valence-corrected chi connectivity index (χ2v) is 9.77. The molecule has 2 aromatic heterocycles. The van der Waals surface area contributed by atoms with Crippen molar-refractivity contribution >= 4 is 50.2 Å². The first kappa shape index (κ1) is 19.8. The van der Waals surface area contributed by atoms with E-state index in [2.05, 4.69) is 15.3 Å². The van der Waals surface area contributed by atoms with Crippen molar-refractivity contribution in [3.63, 3.8) is 0 Å². The van der Waals surface area contributed by atoms with E-state index < -0.39 is 10.0 Å². The summed E-state index contributed by atoms with van der Waals surface area (Å²) in [6.07, 6.45) is 2.35. The maximum Gasteiger partial charge on any atom is 0.235 e. The van der Waals surface area contributed by atoms with E-state index >= 15 is 0 Å². The van der Waals surface area contributed by atoms with Crippen LogP contribution in [0.15, 0.2) is 48.0 Å². The van der Waals surface area contributed by atoms with Crippen LogP contribution < -0.4 is 9.62 Å². The third kappa shape index (κ3) is 4.42. The van der Waals surface area contributed by atoms with Gasteiger partial charge in [0.1, 0.15) is 5.01 Å². The molecule has 0 saturated carbocycles. The maximum absolute atomic E-state index is 12.5. The van der Waals surface area contributed by atoms with Gasteiger partial charge in [0.15, 0.2) is 0 Å². The summed E-state index contributed by atoms with van der Waals surface area (Å²) >= 11 is 7.62. The van der Waals surface area contributed by atoms with Gasteiger partial charge >= 0.3 is 0 Å². The van der Waals surface area contributed by atoms with Crippen molar-refractivity contribution in [3.05, 3.63) is 58.7 Å². The van der Waals surface area contributed by atoms with E-state index in [1.54, 1.807) is 24.4 Å². The number of carbonyl (C=O) groups is 1. The summed E-state index contributed by atoms with van der Waals surface area (Å²) in [7, 11) is -3.31. The van der Waals surface area contributed by atoms with Crippen LogP contribution in [-0.4, -0.2) is 36.6 Å². The van der Waals surface area contributed by atoms with Crippen LogP contribution in [0.4, 0.5) is 11.4 Å². The zero-order chi connectivity index (χ0) is 20.4. The molecule has 4 rings (SSSR count). The van der Waals surface area contributed by atoms with Crippen LogP contribution >= 0.6 is 22.9 Å². The number of carbonyl (C=O) groups excluding carboxylic acids is 1. The summed E-state index contributed by atoms with van der Waals surface area (Å²) in [6.45, 7) is 0.423. The van der Waals surface area contributed by atoms with Crippen LogP contribution in [-0.2, 0) is 21.2 Å². The van der Waals surface area contributed by atoms with Gasteiger partial charge in [-0.1, -0.05) is 17.7 Å². The first-order valence-corrected chi connectivity index (χ1v) is 11.7. The molecular formula is C19H17ClN4O3S2. The Morgan fingerprint density at radius 2 is 2.14 bits per heavy atom. The number of sulfonamides is 1. The minimum atomic E-state index is -3.31. The molecule has 0 spiro atoms. The molecule has 7 nitrogen and oxygen atoms in total. The van der Waals surface area contributed by atoms with E-state index in [9.17, 15) is 13.2 Å². The predicted octanol–water partition coefficient (Wildman–Crippen LogP) is 3.58. The second kappa shape index (κ2) is 8.10. The Balaban J connectivity index is 1.47. The molecule has 0 bridgehead atoms. The van der Waals surface area contributed by atoms with E-state index in [1.165, 1.54) is 15.6 Å². The minimum Gasteiger partial charge on any atom is -0.324 e. The molecule has 1 N–H and O–H groups in total. The summed E-state index contributed by atoms with van der Waals surface area (Å²) in [5, 5.41) is 5.66. The van der Waals surface area contributed by atoms with Gasteiger partial charge < -0.3 is 5.32 Å². The molecule has 1 aliphatic rings. The van der Waals surface area contributed by atoms with Gasteiger partial charge in [-0.25, -0.2) is 13.4 Å². The van der Waals surface area contributed by atoms with E-state index in [1.807, 2.05) is 23.6 Å². The fraction of sp³-hybridized carbons (Fsp3) is 0.211. The van der Waals surface area contributed by atoms with Crippen molar-refractivity contribution in [1.29, 1.82) is 0 Å². The molecular weight excluding hydrogens is 432 g/mol. The summed E-state index contributed by atoms with van der Waals surface area (Å²) in [4.78, 5) is 21.2. The summed E-state index contributed by atoms with van der Waals surface area (Å²) in [6, 6.07) is 10.4. The number of hydrogen-bond acceptors (Lipinski definition) is 6. The highest BCUT2D eigenvalue weighted by Gasteiger charge is 2.28. The molecule has 3 aromatic rings. The minimum absolute atomic E-state index is 0.0753. The number of rotatable bonds is 5. The molecule has 3 heterocycles. The highest BCUT2D eigenvalue weighted by atomic mass is 35.5. The third-order valence-corrected chi connectivity index (χ3v) is 7.50. The van der Waals surface area contributed by atoms with Gasteiger partial charge in [-0.2, -0.15) is 0 Å². The van der Waals surface area contributed by atoms with E-state index in [0.29, 0.717) is 35.1 Å². The molecule has 1 fully saturated rings. The lowest BCUT2D eigenvalue weighted by Gasteiger charge is -2.18. The van der Waals surface area contributed by atoms with Crippen LogP contribution in [0.5, 0.6) is 0 Å². The average molecular weight is 449 g/mol. The van der Waals surface area contributed by atoms with Crippen LogP contribution in [0, 0.1) is 0 Å². The molecule has 0 radical (unpaired) electrons. The first-order valence-electron chi connectivity index (χ1n) is 8.88. The van der Waals surface area contributed by atoms with Crippen molar-refractivity contribution in [3.8, 4) is 10.7 Å². The Morgan fingerprint density at radius 3 is 2.86 bits per heavy atom. The van der Waals surface area contributed by atoms with E-state index in [0.717, 1.165) is 10.7 Å². The number of nitrogens with one attached hydrogen (secondary N) is 1. The van der Waals surface area contributed by atoms with Crippen LogP contribution in [0.3, 0.4) is 0 Å². The molecule has 1 saturated heterocycles. The molecule has 0 unspecified atom stereocenters. The number of amides is 1. The van der Waals surface area contributed by atoms with Crippen molar-refractivity contribution in [2.24, 2.45) is 0 Å². The monoisotopic (exact) mass is 448 g/mol. The van der Waals surface area contributed by atoms with Crippen molar-refractivity contribution in [2.45, 2.75) is 12.8 Å². The van der Waals surface area contributed by atoms with E-state index in [-0.39, 0.29) is 18.1 Å². The van der Waals surface area contributed by atoms with Gasteiger partial charge in [-0.05, 0) is 36.8 Å². The number of pyridine rings is 1.